The summed E-state index contributed by atoms with van der Waals surface area (Å²) in [6, 6.07) is 0. The average Bonchev–Trinajstić information content (AvgIpc) is 2.35. The van der Waals surface area contributed by atoms with Gasteiger partial charge in [0, 0.05) is 33.4 Å². The van der Waals surface area contributed by atoms with Gasteiger partial charge >= 0.3 is 0 Å². The molecule has 0 bridgehead atoms. The van der Waals surface area contributed by atoms with Crippen molar-refractivity contribution in [2.75, 3.05) is 33.4 Å². The topological polar surface area (TPSA) is 45.7 Å². The number of ether oxygens (including phenoxy) is 1. The van der Waals surface area contributed by atoms with E-state index in [1.807, 2.05) is 0 Å². The summed E-state index contributed by atoms with van der Waals surface area (Å²) in [6.07, 6.45) is 3.40. The van der Waals surface area contributed by atoms with Gasteiger partial charge < -0.3 is 15.4 Å². The van der Waals surface area contributed by atoms with Crippen LogP contribution in [0.2, 0.25) is 0 Å². The van der Waals surface area contributed by atoms with Crippen LogP contribution in [0.25, 0.3) is 0 Å². The van der Waals surface area contributed by atoms with Crippen LogP contribution < -0.4 is 10.6 Å². The molecule has 0 atom stereocenters. The number of hydrogen-bond acceptors (Lipinski definition) is 2. The van der Waals surface area contributed by atoms with E-state index in [1.54, 1.807) is 7.11 Å². The lowest BCUT2D eigenvalue weighted by Crippen LogP contribution is -2.38. The molecule has 0 fully saturated rings. The molecule has 18 heavy (non-hydrogen) atoms. The van der Waals surface area contributed by atoms with Crippen molar-refractivity contribution in [1.82, 2.24) is 10.6 Å². The third-order valence-electron chi connectivity index (χ3n) is 2.82. The van der Waals surface area contributed by atoms with E-state index in [-0.39, 0.29) is 24.0 Å². The molecular formula is C13H30IN3O. The van der Waals surface area contributed by atoms with Crippen molar-refractivity contribution in [2.24, 2.45) is 10.9 Å². The minimum atomic E-state index is 0. The minimum Gasteiger partial charge on any atom is -0.385 e. The number of halogens is 1. The highest BCUT2D eigenvalue weighted by Crippen LogP contribution is 2.06. The van der Waals surface area contributed by atoms with Gasteiger partial charge in [0.05, 0.1) is 0 Å². The fourth-order valence-electron chi connectivity index (χ4n) is 1.53. The summed E-state index contributed by atoms with van der Waals surface area (Å²) in [6.45, 7) is 10.0. The maximum absolute atomic E-state index is 5.02. The Balaban J connectivity index is 0. The predicted octanol–water partition coefficient (Wildman–Crippen LogP) is 2.63. The quantitative estimate of drug-likeness (QED) is 0.284. The van der Waals surface area contributed by atoms with E-state index >= 15 is 0 Å². The maximum Gasteiger partial charge on any atom is 0.191 e. The molecule has 0 aliphatic heterocycles. The van der Waals surface area contributed by atoms with E-state index in [0.29, 0.717) is 5.92 Å². The van der Waals surface area contributed by atoms with Crippen LogP contribution in [0, 0.1) is 5.92 Å². The highest BCUT2D eigenvalue weighted by atomic mass is 127. The molecule has 0 aliphatic rings. The highest BCUT2D eigenvalue weighted by molar-refractivity contribution is 14.0. The van der Waals surface area contributed by atoms with Crippen LogP contribution in [0.4, 0.5) is 0 Å². The Morgan fingerprint density at radius 1 is 1.17 bits per heavy atom. The smallest absolute Gasteiger partial charge is 0.191 e. The van der Waals surface area contributed by atoms with E-state index in [1.165, 1.54) is 12.8 Å². The maximum atomic E-state index is 5.02. The number of nitrogens with one attached hydrogen (secondary N) is 2. The molecule has 0 aromatic carbocycles. The third kappa shape index (κ3) is 11.1. The van der Waals surface area contributed by atoms with Gasteiger partial charge in [0.15, 0.2) is 5.96 Å². The highest BCUT2D eigenvalue weighted by Gasteiger charge is 2.03. The van der Waals surface area contributed by atoms with Crippen LogP contribution in [-0.4, -0.2) is 39.3 Å². The van der Waals surface area contributed by atoms with Gasteiger partial charge in [0.2, 0.25) is 0 Å². The zero-order chi connectivity index (χ0) is 12.9. The van der Waals surface area contributed by atoms with Crippen LogP contribution in [-0.2, 0) is 4.74 Å². The second-order valence-corrected chi connectivity index (χ2v) is 4.18. The van der Waals surface area contributed by atoms with Gasteiger partial charge in [-0.3, -0.25) is 4.99 Å². The molecule has 0 heterocycles. The molecule has 0 radical (unpaired) electrons. The largest absolute Gasteiger partial charge is 0.385 e. The predicted molar refractivity (Wildman–Crippen MR) is 90.0 cm³/mol. The molecule has 2 N–H and O–H groups in total. The first-order valence-electron chi connectivity index (χ1n) is 6.79. The monoisotopic (exact) mass is 371 g/mol. The molecule has 4 nitrogen and oxygen atoms in total. The number of guanidine groups is 1. The van der Waals surface area contributed by atoms with Gasteiger partial charge in [-0.2, -0.15) is 0 Å². The Morgan fingerprint density at radius 3 is 2.33 bits per heavy atom. The van der Waals surface area contributed by atoms with Crippen molar-refractivity contribution in [3.8, 4) is 0 Å². The van der Waals surface area contributed by atoms with Crippen LogP contribution in [0.3, 0.4) is 0 Å². The zero-order valence-electron chi connectivity index (χ0n) is 12.3. The van der Waals surface area contributed by atoms with Crippen LogP contribution in [0.15, 0.2) is 4.99 Å². The first kappa shape index (κ1) is 20.3. The first-order chi connectivity index (χ1) is 8.28. The Hall–Kier alpha value is -0.0400. The molecule has 0 saturated heterocycles. The van der Waals surface area contributed by atoms with Gasteiger partial charge in [0.1, 0.15) is 0 Å². The molecule has 0 rings (SSSR count). The van der Waals surface area contributed by atoms with Crippen LogP contribution in [0.5, 0.6) is 0 Å². The lowest BCUT2D eigenvalue weighted by molar-refractivity contribution is 0.195. The van der Waals surface area contributed by atoms with E-state index < -0.39 is 0 Å². The second-order valence-electron chi connectivity index (χ2n) is 4.18. The average molecular weight is 371 g/mol. The van der Waals surface area contributed by atoms with Crippen LogP contribution in [0.1, 0.15) is 40.0 Å². The number of rotatable bonds is 9. The molecule has 0 spiro atoms. The van der Waals surface area contributed by atoms with Gasteiger partial charge in [-0.15, -0.1) is 24.0 Å². The molecular weight excluding hydrogens is 341 g/mol. The third-order valence-corrected chi connectivity index (χ3v) is 2.82. The lowest BCUT2D eigenvalue weighted by Gasteiger charge is -2.13. The molecule has 0 amide bonds. The van der Waals surface area contributed by atoms with E-state index in [0.717, 1.165) is 38.6 Å². The summed E-state index contributed by atoms with van der Waals surface area (Å²) in [7, 11) is 1.73. The molecule has 5 heteroatoms. The van der Waals surface area contributed by atoms with Crippen LogP contribution >= 0.6 is 24.0 Å². The SMILES string of the molecule is CCNC(=NCC(CC)CC)NCCCOC.I. The van der Waals surface area contributed by atoms with Crippen molar-refractivity contribution in [3.63, 3.8) is 0 Å². The van der Waals surface area contributed by atoms with E-state index in [2.05, 4.69) is 36.4 Å². The first-order valence-corrected chi connectivity index (χ1v) is 6.79. The Kier molecular flexibility index (Phi) is 16.9. The Labute approximate surface area is 129 Å². The summed E-state index contributed by atoms with van der Waals surface area (Å²) in [4.78, 5) is 4.61. The van der Waals surface area contributed by atoms with E-state index in [4.69, 9.17) is 4.74 Å². The van der Waals surface area contributed by atoms with Crippen molar-refractivity contribution in [3.05, 3.63) is 0 Å². The fraction of sp³-hybridized carbons (Fsp3) is 0.923. The van der Waals surface area contributed by atoms with Crippen molar-refractivity contribution >= 4 is 29.9 Å². The van der Waals surface area contributed by atoms with Gasteiger partial charge in [0.25, 0.3) is 0 Å². The standard InChI is InChI=1S/C13H29N3O.HI/c1-5-12(6-2)11-16-13(14-7-3)15-9-8-10-17-4;/h12H,5-11H2,1-4H3,(H2,14,15,16);1H. The number of aliphatic imine (C=N–C) groups is 1. The summed E-state index contributed by atoms with van der Waals surface area (Å²) in [5, 5.41) is 6.58. The molecule has 0 saturated carbocycles. The van der Waals surface area contributed by atoms with Gasteiger partial charge in [-0.1, -0.05) is 26.7 Å². The summed E-state index contributed by atoms with van der Waals surface area (Å²) < 4.78 is 5.02. The van der Waals surface area contributed by atoms with Crippen molar-refractivity contribution in [1.29, 1.82) is 0 Å². The summed E-state index contributed by atoms with van der Waals surface area (Å²) >= 11 is 0. The lowest BCUT2D eigenvalue weighted by atomic mass is 10.0. The number of methoxy groups -OCH3 is 1. The molecule has 0 unspecified atom stereocenters. The van der Waals surface area contributed by atoms with Gasteiger partial charge in [-0.25, -0.2) is 0 Å². The van der Waals surface area contributed by atoms with Crippen molar-refractivity contribution < 1.29 is 4.74 Å². The minimum absolute atomic E-state index is 0. The summed E-state index contributed by atoms with van der Waals surface area (Å²) in [5.41, 5.74) is 0. The number of hydrogen-bond donors (Lipinski definition) is 2. The molecule has 110 valence electrons. The molecule has 0 aromatic rings. The molecule has 0 aliphatic carbocycles. The van der Waals surface area contributed by atoms with E-state index in [9.17, 15) is 0 Å². The molecule has 0 aromatic heterocycles. The normalized spacial score (nSPS) is 11.3. The Morgan fingerprint density at radius 2 is 1.83 bits per heavy atom. The second kappa shape index (κ2) is 15.0. The number of nitrogens with zero attached hydrogens (tertiary/aromatic N) is 1. The van der Waals surface area contributed by atoms with Gasteiger partial charge in [-0.05, 0) is 19.3 Å². The zero-order valence-corrected chi connectivity index (χ0v) is 14.6. The Bertz CT molecular complexity index is 197. The fourth-order valence-corrected chi connectivity index (χ4v) is 1.53. The van der Waals surface area contributed by atoms with Crippen molar-refractivity contribution in [2.45, 2.75) is 40.0 Å². The summed E-state index contributed by atoms with van der Waals surface area (Å²) in [5.74, 6) is 1.62.